The highest BCUT2D eigenvalue weighted by atomic mass is 16.5. The lowest BCUT2D eigenvalue weighted by molar-refractivity contribution is 0.417. The highest BCUT2D eigenvalue weighted by Gasteiger charge is 2.20. The van der Waals surface area contributed by atoms with Crippen LogP contribution in [0.4, 0.5) is 0 Å². The second-order valence-corrected chi connectivity index (χ2v) is 4.97. The van der Waals surface area contributed by atoms with Crippen LogP contribution in [0.5, 0.6) is 0 Å². The van der Waals surface area contributed by atoms with E-state index in [1.54, 1.807) is 0 Å². The summed E-state index contributed by atoms with van der Waals surface area (Å²) in [6.07, 6.45) is 2.08. The van der Waals surface area contributed by atoms with Crippen LogP contribution in [-0.4, -0.2) is 33.4 Å². The minimum Gasteiger partial charge on any atom is -0.334 e. The predicted octanol–water partition coefficient (Wildman–Crippen LogP) is 1.10. The average molecular weight is 291 g/mol. The van der Waals surface area contributed by atoms with E-state index in [4.69, 9.17) is 4.52 Å². The average Bonchev–Trinajstić information content (AvgIpc) is 2.94. The van der Waals surface area contributed by atoms with Crippen molar-refractivity contribution in [2.45, 2.75) is 46.1 Å². The molecule has 0 aliphatic carbocycles. The predicted molar refractivity (Wildman–Crippen MR) is 79.1 cm³/mol. The summed E-state index contributed by atoms with van der Waals surface area (Å²) in [6, 6.07) is 0.239. The third-order valence-corrected chi connectivity index (χ3v) is 3.52. The van der Waals surface area contributed by atoms with E-state index in [1.165, 1.54) is 0 Å². The molecule has 114 valence electrons. The molecule has 0 aliphatic rings. The molecule has 2 aromatic heterocycles. The Hall–Kier alpha value is -2.02. The molecule has 7 heteroatoms. The van der Waals surface area contributed by atoms with E-state index < -0.39 is 0 Å². The zero-order valence-electron chi connectivity index (χ0n) is 12.9. The van der Waals surface area contributed by atoms with Crippen LogP contribution in [0.1, 0.15) is 37.9 Å². The zero-order valence-corrected chi connectivity index (χ0v) is 12.9. The molecule has 0 amide bonds. The van der Waals surface area contributed by atoms with Gasteiger partial charge in [-0.25, -0.2) is 5.10 Å². The molecule has 21 heavy (non-hydrogen) atoms. The SMILES string of the molecule is CCc1n[nH]c(=O)c(-c2nc(CC(C)NC)no2)c1CC. The Kier molecular flexibility index (Phi) is 4.85. The Balaban J connectivity index is 2.44. The van der Waals surface area contributed by atoms with Crippen molar-refractivity contribution in [3.05, 3.63) is 27.4 Å². The van der Waals surface area contributed by atoms with Crippen LogP contribution >= 0.6 is 0 Å². The molecular formula is C14H21N5O2. The smallest absolute Gasteiger partial charge is 0.277 e. The van der Waals surface area contributed by atoms with E-state index in [1.807, 2.05) is 27.8 Å². The van der Waals surface area contributed by atoms with Crippen molar-refractivity contribution in [1.29, 1.82) is 0 Å². The zero-order chi connectivity index (χ0) is 15.4. The van der Waals surface area contributed by atoms with Gasteiger partial charge in [0.25, 0.3) is 11.4 Å². The van der Waals surface area contributed by atoms with Crippen molar-refractivity contribution in [1.82, 2.24) is 25.7 Å². The number of nitrogens with zero attached hydrogens (tertiary/aromatic N) is 3. The number of aryl methyl sites for hydroxylation is 1. The third kappa shape index (κ3) is 3.18. The maximum Gasteiger partial charge on any atom is 0.277 e. The molecule has 0 fully saturated rings. The van der Waals surface area contributed by atoms with Crippen LogP contribution in [0.3, 0.4) is 0 Å². The van der Waals surface area contributed by atoms with Crippen molar-refractivity contribution in [3.63, 3.8) is 0 Å². The first-order valence-electron chi connectivity index (χ1n) is 7.21. The molecule has 0 bridgehead atoms. The highest BCUT2D eigenvalue weighted by molar-refractivity contribution is 5.58. The number of hydrogen-bond donors (Lipinski definition) is 2. The van der Waals surface area contributed by atoms with Crippen LogP contribution in [0.2, 0.25) is 0 Å². The number of H-pyrrole nitrogens is 1. The molecule has 7 nitrogen and oxygen atoms in total. The number of hydrogen-bond acceptors (Lipinski definition) is 6. The van der Waals surface area contributed by atoms with Crippen molar-refractivity contribution in [2.75, 3.05) is 7.05 Å². The summed E-state index contributed by atoms with van der Waals surface area (Å²) in [6.45, 7) is 6.01. The van der Waals surface area contributed by atoms with Gasteiger partial charge in [-0.1, -0.05) is 19.0 Å². The van der Waals surface area contributed by atoms with Gasteiger partial charge in [-0.15, -0.1) is 0 Å². The summed E-state index contributed by atoms with van der Waals surface area (Å²) in [5, 5.41) is 13.7. The molecule has 0 aromatic carbocycles. The van der Waals surface area contributed by atoms with E-state index in [9.17, 15) is 4.79 Å². The quantitative estimate of drug-likeness (QED) is 0.827. The molecule has 2 N–H and O–H groups in total. The van der Waals surface area contributed by atoms with Gasteiger partial charge in [0.1, 0.15) is 5.56 Å². The number of rotatable bonds is 6. The van der Waals surface area contributed by atoms with Crippen molar-refractivity contribution >= 4 is 0 Å². The molecule has 2 aromatic rings. The number of aromatic nitrogens is 4. The molecule has 0 spiro atoms. The topological polar surface area (TPSA) is 96.7 Å². The van der Waals surface area contributed by atoms with Gasteiger partial charge in [0, 0.05) is 12.5 Å². The van der Waals surface area contributed by atoms with Gasteiger partial charge in [-0.05, 0) is 32.4 Å². The second kappa shape index (κ2) is 6.62. The van der Waals surface area contributed by atoms with Crippen LogP contribution in [0.25, 0.3) is 11.5 Å². The van der Waals surface area contributed by atoms with Gasteiger partial charge in [-0.2, -0.15) is 10.1 Å². The summed E-state index contributed by atoms with van der Waals surface area (Å²) >= 11 is 0. The van der Waals surface area contributed by atoms with Gasteiger partial charge in [-0.3, -0.25) is 4.79 Å². The van der Waals surface area contributed by atoms with Crippen molar-refractivity contribution in [3.8, 4) is 11.5 Å². The summed E-state index contributed by atoms with van der Waals surface area (Å²) in [5.41, 5.74) is 1.88. The molecular weight excluding hydrogens is 270 g/mol. The molecule has 1 unspecified atom stereocenters. The van der Waals surface area contributed by atoms with E-state index >= 15 is 0 Å². The number of nitrogens with one attached hydrogen (secondary N) is 2. The molecule has 1 atom stereocenters. The van der Waals surface area contributed by atoms with E-state index in [2.05, 4.69) is 25.7 Å². The molecule has 0 saturated heterocycles. The first kappa shape index (κ1) is 15.4. The summed E-state index contributed by atoms with van der Waals surface area (Å²) in [4.78, 5) is 16.4. The Labute approximate surface area is 123 Å². The third-order valence-electron chi connectivity index (χ3n) is 3.52. The van der Waals surface area contributed by atoms with E-state index in [-0.39, 0.29) is 17.5 Å². The monoisotopic (exact) mass is 291 g/mol. The highest BCUT2D eigenvalue weighted by Crippen LogP contribution is 2.21. The Bertz CT molecular complexity index is 662. The first-order chi connectivity index (χ1) is 10.1. The number of aromatic amines is 1. The molecule has 2 rings (SSSR count). The first-order valence-corrected chi connectivity index (χ1v) is 7.21. The van der Waals surface area contributed by atoms with Gasteiger partial charge >= 0.3 is 0 Å². The lowest BCUT2D eigenvalue weighted by Crippen LogP contribution is -2.24. The molecule has 2 heterocycles. The van der Waals surface area contributed by atoms with Crippen LogP contribution in [-0.2, 0) is 19.3 Å². The van der Waals surface area contributed by atoms with Gasteiger partial charge in [0.05, 0.1) is 5.69 Å². The lowest BCUT2D eigenvalue weighted by atomic mass is 10.0. The summed E-state index contributed by atoms with van der Waals surface area (Å²) in [5.74, 6) is 0.853. The van der Waals surface area contributed by atoms with Gasteiger partial charge in [0.15, 0.2) is 5.82 Å². The fourth-order valence-corrected chi connectivity index (χ4v) is 2.24. The van der Waals surface area contributed by atoms with Crippen molar-refractivity contribution in [2.24, 2.45) is 0 Å². The molecule has 0 radical (unpaired) electrons. The molecule has 0 aliphatic heterocycles. The lowest BCUT2D eigenvalue weighted by Gasteiger charge is -2.07. The van der Waals surface area contributed by atoms with Gasteiger partial charge < -0.3 is 9.84 Å². The molecule has 0 saturated carbocycles. The maximum absolute atomic E-state index is 12.1. The Morgan fingerprint density at radius 3 is 2.71 bits per heavy atom. The minimum atomic E-state index is -0.291. The normalized spacial score (nSPS) is 12.6. The Morgan fingerprint density at radius 2 is 2.10 bits per heavy atom. The second-order valence-electron chi connectivity index (χ2n) is 4.97. The van der Waals surface area contributed by atoms with Crippen molar-refractivity contribution < 1.29 is 4.52 Å². The fourth-order valence-electron chi connectivity index (χ4n) is 2.24. The summed E-state index contributed by atoms with van der Waals surface area (Å²) in [7, 11) is 1.88. The maximum atomic E-state index is 12.1. The standard InChI is InChI=1S/C14H21N5O2/c1-5-9-10(6-2)17-18-13(20)12(9)14-16-11(19-21-14)7-8(3)15-4/h8,15H,5-7H2,1-4H3,(H,18,20). The minimum absolute atomic E-state index is 0.239. The van der Waals surface area contributed by atoms with Crippen LogP contribution in [0, 0.1) is 0 Å². The van der Waals surface area contributed by atoms with E-state index in [0.29, 0.717) is 24.2 Å². The number of likely N-dealkylation sites (N-methyl/N-ethyl adjacent to an activating group) is 1. The van der Waals surface area contributed by atoms with Crippen LogP contribution in [0.15, 0.2) is 9.32 Å². The van der Waals surface area contributed by atoms with Crippen LogP contribution < -0.4 is 10.9 Å². The largest absolute Gasteiger partial charge is 0.334 e. The summed E-state index contributed by atoms with van der Waals surface area (Å²) < 4.78 is 5.28. The van der Waals surface area contributed by atoms with Gasteiger partial charge in [0.2, 0.25) is 0 Å². The fraction of sp³-hybridized carbons (Fsp3) is 0.571. The Morgan fingerprint density at radius 1 is 1.33 bits per heavy atom. The van der Waals surface area contributed by atoms with E-state index in [0.717, 1.165) is 17.7 Å².